The molecule has 0 aliphatic heterocycles. The van der Waals surface area contributed by atoms with Gasteiger partial charge in [0.15, 0.2) is 0 Å². The van der Waals surface area contributed by atoms with Gasteiger partial charge in [0.05, 0.1) is 16.3 Å². The molecule has 0 aliphatic carbocycles. The topological polar surface area (TPSA) is 283 Å². The molecule has 21 heteroatoms. The highest BCUT2D eigenvalue weighted by molar-refractivity contribution is 7.86. The van der Waals surface area contributed by atoms with E-state index in [4.69, 9.17) is 28.9 Å². The van der Waals surface area contributed by atoms with Crippen molar-refractivity contribution in [1.29, 1.82) is 0 Å². The van der Waals surface area contributed by atoms with Gasteiger partial charge in [-0.2, -0.15) is 16.8 Å². The lowest BCUT2D eigenvalue weighted by atomic mass is 10.2. The molecule has 2 aromatic carbocycles. The minimum absolute atomic E-state index is 0.0749. The Bertz CT molecular complexity index is 1670. The second-order valence-corrected chi connectivity index (χ2v) is 12.4. The Labute approximate surface area is 255 Å². The van der Waals surface area contributed by atoms with Crippen molar-refractivity contribution in [2.24, 2.45) is 5.73 Å². The van der Waals surface area contributed by atoms with Crippen LogP contribution in [-0.4, -0.2) is 80.2 Å². The molecule has 0 fully saturated rings. The summed E-state index contributed by atoms with van der Waals surface area (Å²) in [6.45, 7) is 1.71. The summed E-state index contributed by atoms with van der Waals surface area (Å²) in [7, 11) is -9.29. The van der Waals surface area contributed by atoms with E-state index in [-0.39, 0.29) is 32.5 Å². The molecule has 2 atom stereocenters. The number of nitrogens with two attached hydrogens (primary N) is 1. The molecule has 17 nitrogen and oxygen atoms in total. The van der Waals surface area contributed by atoms with Crippen molar-refractivity contribution >= 4 is 78.8 Å². The van der Waals surface area contributed by atoms with E-state index in [9.17, 15) is 50.2 Å². The van der Waals surface area contributed by atoms with E-state index in [2.05, 4.69) is 26.6 Å². The van der Waals surface area contributed by atoms with Crippen LogP contribution < -0.4 is 32.3 Å². The van der Waals surface area contributed by atoms with Gasteiger partial charge in [0, 0.05) is 28.0 Å². The fourth-order valence-electron chi connectivity index (χ4n) is 3.17. The lowest BCUT2D eigenvalue weighted by Gasteiger charge is -2.19. The summed E-state index contributed by atoms with van der Waals surface area (Å²) in [6.07, 6.45) is 0. The molecular weight excluding hydrogens is 659 g/mol. The van der Waals surface area contributed by atoms with Gasteiger partial charge in [0.2, 0.25) is 5.91 Å². The number of nitrogens with one attached hydrogen (secondary N) is 5. The maximum absolute atomic E-state index is 12.4. The Morgan fingerprint density at radius 1 is 0.791 bits per heavy atom. The average Bonchev–Trinajstić information content (AvgIpc) is 2.88. The van der Waals surface area contributed by atoms with Crippen LogP contribution in [0.15, 0.2) is 34.1 Å². The van der Waals surface area contributed by atoms with Gasteiger partial charge in [-0.05, 0) is 49.2 Å². The Hall–Kier alpha value is -3.72. The van der Waals surface area contributed by atoms with Crippen LogP contribution in [0.1, 0.15) is 11.1 Å². The molecule has 0 saturated carbocycles. The fraction of sp³-hybridized carbons (Fsp3) is 0.273. The van der Waals surface area contributed by atoms with Crippen molar-refractivity contribution in [2.45, 2.75) is 35.7 Å². The monoisotopic (exact) mass is 684 g/mol. The number of amides is 5. The van der Waals surface area contributed by atoms with Gasteiger partial charge in [-0.15, -0.1) is 0 Å². The summed E-state index contributed by atoms with van der Waals surface area (Å²) in [5, 5.41) is 20.3. The number of hydrogen-bond donors (Lipinski definition) is 9. The van der Waals surface area contributed by atoms with Crippen molar-refractivity contribution in [2.75, 3.05) is 23.7 Å². The maximum Gasteiger partial charge on any atom is 0.328 e. The summed E-state index contributed by atoms with van der Waals surface area (Å²) in [6, 6.07) is -1.32. The van der Waals surface area contributed by atoms with Gasteiger partial charge < -0.3 is 37.4 Å². The number of halogens is 2. The van der Waals surface area contributed by atoms with Gasteiger partial charge in [-0.1, -0.05) is 23.2 Å². The third-order valence-electron chi connectivity index (χ3n) is 5.63. The van der Waals surface area contributed by atoms with Crippen LogP contribution >= 0.6 is 23.2 Å². The number of carboxylic acid groups (broad SMARTS) is 1. The number of aliphatic carboxylic acids is 1. The number of hydrogen-bond acceptors (Lipinski definition) is 9. The lowest BCUT2D eigenvalue weighted by Crippen LogP contribution is -2.55. The number of urea groups is 2. The van der Waals surface area contributed by atoms with Crippen LogP contribution in [0.25, 0.3) is 0 Å². The molecule has 0 aromatic heterocycles. The molecule has 0 unspecified atom stereocenters. The number of rotatable bonds is 11. The van der Waals surface area contributed by atoms with Crippen molar-refractivity contribution in [3.63, 3.8) is 0 Å². The number of anilines is 2. The molecule has 236 valence electrons. The Kier molecular flexibility index (Phi) is 11.7. The summed E-state index contributed by atoms with van der Waals surface area (Å²) in [5.41, 5.74) is 6.03. The summed E-state index contributed by atoms with van der Waals surface area (Å²) >= 11 is 11.9. The SMILES string of the molecule is Cc1c(Cl)cc(S(=O)(=O)O)cc1NC(=O)NC[C@H](NC(=O)[C@@H](N)CNC(=O)Nc1cc(S(=O)(=O)O)cc(Cl)c1C)C(=O)O. The van der Waals surface area contributed by atoms with Crippen LogP contribution in [0.4, 0.5) is 21.0 Å². The number of carbonyl (C=O) groups excluding carboxylic acids is 3. The van der Waals surface area contributed by atoms with Crippen molar-refractivity contribution in [3.05, 3.63) is 45.4 Å². The number of carbonyl (C=O) groups is 4. The highest BCUT2D eigenvalue weighted by Crippen LogP contribution is 2.29. The molecule has 0 aliphatic rings. The zero-order chi connectivity index (χ0) is 32.9. The average molecular weight is 686 g/mol. The molecule has 10 N–H and O–H groups in total. The van der Waals surface area contributed by atoms with Gasteiger partial charge in [0.1, 0.15) is 12.1 Å². The van der Waals surface area contributed by atoms with Crippen LogP contribution in [-0.2, 0) is 29.8 Å². The Balaban J connectivity index is 1.97. The van der Waals surface area contributed by atoms with E-state index < -0.39 is 79.1 Å². The number of benzene rings is 2. The van der Waals surface area contributed by atoms with Gasteiger partial charge in [-0.25, -0.2) is 14.4 Å². The Morgan fingerprint density at radius 3 is 1.56 bits per heavy atom. The zero-order valence-electron chi connectivity index (χ0n) is 22.1. The molecule has 43 heavy (non-hydrogen) atoms. The minimum Gasteiger partial charge on any atom is -0.480 e. The highest BCUT2D eigenvalue weighted by Gasteiger charge is 2.25. The fourth-order valence-corrected chi connectivity index (χ4v) is 4.80. The van der Waals surface area contributed by atoms with Crippen molar-refractivity contribution < 1.29 is 50.2 Å². The summed E-state index contributed by atoms with van der Waals surface area (Å²) < 4.78 is 64.1. The Morgan fingerprint density at radius 2 is 1.19 bits per heavy atom. The molecule has 0 saturated heterocycles. The van der Waals surface area contributed by atoms with Crippen LogP contribution in [0.5, 0.6) is 0 Å². The molecule has 0 radical (unpaired) electrons. The van der Waals surface area contributed by atoms with Crippen LogP contribution in [0.3, 0.4) is 0 Å². The second kappa shape index (κ2) is 14.2. The summed E-state index contributed by atoms with van der Waals surface area (Å²) in [5.74, 6) is -2.60. The highest BCUT2D eigenvalue weighted by atomic mass is 35.5. The van der Waals surface area contributed by atoms with Crippen LogP contribution in [0, 0.1) is 13.8 Å². The van der Waals surface area contributed by atoms with E-state index in [1.807, 2.05) is 0 Å². The van der Waals surface area contributed by atoms with E-state index in [0.29, 0.717) is 0 Å². The minimum atomic E-state index is -4.66. The normalized spacial score (nSPS) is 12.9. The molecule has 5 amide bonds. The van der Waals surface area contributed by atoms with Gasteiger partial charge >= 0.3 is 18.0 Å². The lowest BCUT2D eigenvalue weighted by molar-refractivity contribution is -0.141. The van der Waals surface area contributed by atoms with E-state index in [1.54, 1.807) is 0 Å². The molecule has 0 bridgehead atoms. The van der Waals surface area contributed by atoms with Crippen molar-refractivity contribution in [1.82, 2.24) is 16.0 Å². The first-order chi connectivity index (χ1) is 19.7. The van der Waals surface area contributed by atoms with Crippen molar-refractivity contribution in [3.8, 4) is 0 Å². The predicted molar refractivity (Wildman–Crippen MR) is 154 cm³/mol. The van der Waals surface area contributed by atoms with E-state index in [0.717, 1.165) is 24.3 Å². The van der Waals surface area contributed by atoms with E-state index in [1.165, 1.54) is 13.8 Å². The molecular formula is C22H26Cl2N6O11S2. The largest absolute Gasteiger partial charge is 0.480 e. The molecule has 0 heterocycles. The third-order valence-corrected chi connectivity index (χ3v) is 8.08. The zero-order valence-corrected chi connectivity index (χ0v) is 25.3. The molecule has 2 rings (SSSR count). The molecule has 0 spiro atoms. The maximum atomic E-state index is 12.4. The first-order valence-corrected chi connectivity index (χ1v) is 15.3. The summed E-state index contributed by atoms with van der Waals surface area (Å²) in [4.78, 5) is 47.5. The molecule has 2 aromatic rings. The third kappa shape index (κ3) is 10.2. The quantitative estimate of drug-likeness (QED) is 0.150. The second-order valence-electron chi connectivity index (χ2n) is 8.78. The first kappa shape index (κ1) is 35.5. The van der Waals surface area contributed by atoms with Crippen LogP contribution in [0.2, 0.25) is 10.0 Å². The van der Waals surface area contributed by atoms with Gasteiger partial charge in [-0.3, -0.25) is 13.9 Å². The van der Waals surface area contributed by atoms with Gasteiger partial charge in [0.25, 0.3) is 20.2 Å². The number of carboxylic acids is 1. The standard InChI is InChI=1S/C22H26Cl2N6O11S2/c1-9-13(23)3-11(42(36,37)38)5-16(9)29-21(34)26-7-15(25)19(31)28-18(20(32)33)8-27-22(35)30-17-6-12(43(39,40)41)4-14(24)10(17)2/h3-6,15,18H,7-8,25H2,1-2H3,(H,28,31)(H,32,33)(H2,26,29,34)(H2,27,30,35)(H,36,37,38)(H,39,40,41)/t15-,18-/m0/s1. The first-order valence-electron chi connectivity index (χ1n) is 11.6. The smallest absolute Gasteiger partial charge is 0.328 e. The van der Waals surface area contributed by atoms with E-state index >= 15 is 0 Å². The predicted octanol–water partition coefficient (Wildman–Crippen LogP) is 0.944.